The van der Waals surface area contributed by atoms with Crippen LogP contribution >= 0.6 is 0 Å². The molecule has 102 valence electrons. The largest absolute Gasteiger partial charge is 0.370 e. The van der Waals surface area contributed by atoms with E-state index in [9.17, 15) is 12.8 Å². The number of nitrogens with zero attached hydrogens (tertiary/aromatic N) is 1. The van der Waals surface area contributed by atoms with E-state index >= 15 is 0 Å². The third-order valence-corrected chi connectivity index (χ3v) is 3.48. The molecule has 0 unspecified atom stereocenters. The highest BCUT2D eigenvalue weighted by Gasteiger charge is 2.10. The SMILES string of the molecule is CS(=O)(=O)CCN(CCCN)c1ccc(F)cc1. The van der Waals surface area contributed by atoms with Gasteiger partial charge in [0.15, 0.2) is 0 Å². The van der Waals surface area contributed by atoms with E-state index in [1.807, 2.05) is 4.90 Å². The monoisotopic (exact) mass is 274 g/mol. The minimum atomic E-state index is -3.01. The Bertz CT molecular complexity index is 459. The summed E-state index contributed by atoms with van der Waals surface area (Å²) >= 11 is 0. The van der Waals surface area contributed by atoms with Crippen molar-refractivity contribution >= 4 is 15.5 Å². The summed E-state index contributed by atoms with van der Waals surface area (Å²) in [7, 11) is -3.01. The summed E-state index contributed by atoms with van der Waals surface area (Å²) in [6, 6.07) is 6.03. The molecule has 0 heterocycles. The number of benzene rings is 1. The number of nitrogens with two attached hydrogens (primary N) is 1. The van der Waals surface area contributed by atoms with E-state index in [1.54, 1.807) is 12.1 Å². The maximum absolute atomic E-state index is 12.8. The molecule has 1 aromatic rings. The highest BCUT2D eigenvalue weighted by Crippen LogP contribution is 2.15. The summed E-state index contributed by atoms with van der Waals surface area (Å²) < 4.78 is 35.2. The second kappa shape index (κ2) is 6.70. The molecule has 0 radical (unpaired) electrons. The van der Waals surface area contributed by atoms with E-state index in [2.05, 4.69) is 0 Å². The second-order valence-electron chi connectivity index (χ2n) is 4.24. The molecule has 0 saturated heterocycles. The molecular formula is C12H19FN2O2S. The van der Waals surface area contributed by atoms with Crippen LogP contribution in [-0.4, -0.2) is 40.1 Å². The van der Waals surface area contributed by atoms with Gasteiger partial charge in [-0.3, -0.25) is 0 Å². The van der Waals surface area contributed by atoms with Crippen LogP contribution in [-0.2, 0) is 9.84 Å². The average Bonchev–Trinajstić information content (AvgIpc) is 2.29. The van der Waals surface area contributed by atoms with E-state index < -0.39 is 9.84 Å². The maximum Gasteiger partial charge on any atom is 0.149 e. The van der Waals surface area contributed by atoms with Crippen LogP contribution in [0.3, 0.4) is 0 Å². The summed E-state index contributed by atoms with van der Waals surface area (Å²) in [4.78, 5) is 1.91. The Morgan fingerprint density at radius 2 is 1.83 bits per heavy atom. The minimum Gasteiger partial charge on any atom is -0.370 e. The molecular weight excluding hydrogens is 255 g/mol. The van der Waals surface area contributed by atoms with Gasteiger partial charge in [0.25, 0.3) is 0 Å². The Balaban J connectivity index is 2.74. The van der Waals surface area contributed by atoms with Gasteiger partial charge in [0.05, 0.1) is 5.75 Å². The topological polar surface area (TPSA) is 63.4 Å². The fraction of sp³-hybridized carbons (Fsp3) is 0.500. The molecule has 0 amide bonds. The van der Waals surface area contributed by atoms with Gasteiger partial charge in [-0.15, -0.1) is 0 Å². The fourth-order valence-corrected chi connectivity index (χ4v) is 2.13. The molecule has 1 aromatic carbocycles. The van der Waals surface area contributed by atoms with Crippen LogP contribution in [0.5, 0.6) is 0 Å². The van der Waals surface area contributed by atoms with Gasteiger partial charge < -0.3 is 10.6 Å². The van der Waals surface area contributed by atoms with Gasteiger partial charge in [-0.2, -0.15) is 0 Å². The average molecular weight is 274 g/mol. The van der Waals surface area contributed by atoms with Gasteiger partial charge in [0, 0.05) is 25.0 Å². The summed E-state index contributed by atoms with van der Waals surface area (Å²) in [5.41, 5.74) is 6.27. The first-order valence-corrected chi connectivity index (χ1v) is 7.87. The Morgan fingerprint density at radius 1 is 1.22 bits per heavy atom. The number of anilines is 1. The van der Waals surface area contributed by atoms with E-state index in [0.717, 1.165) is 12.1 Å². The number of halogens is 1. The van der Waals surface area contributed by atoms with E-state index in [1.165, 1.54) is 18.4 Å². The molecule has 18 heavy (non-hydrogen) atoms. The number of hydrogen-bond donors (Lipinski definition) is 1. The van der Waals surface area contributed by atoms with E-state index in [-0.39, 0.29) is 11.6 Å². The fourth-order valence-electron chi connectivity index (χ4n) is 1.58. The highest BCUT2D eigenvalue weighted by atomic mass is 32.2. The van der Waals surface area contributed by atoms with Crippen molar-refractivity contribution in [2.75, 3.05) is 36.5 Å². The van der Waals surface area contributed by atoms with Crippen LogP contribution in [0.15, 0.2) is 24.3 Å². The Labute approximate surface area is 108 Å². The molecule has 0 aliphatic carbocycles. The minimum absolute atomic E-state index is 0.0783. The second-order valence-corrected chi connectivity index (χ2v) is 6.50. The van der Waals surface area contributed by atoms with Crippen LogP contribution in [0.4, 0.5) is 10.1 Å². The van der Waals surface area contributed by atoms with Crippen LogP contribution in [0.2, 0.25) is 0 Å². The number of hydrogen-bond acceptors (Lipinski definition) is 4. The van der Waals surface area contributed by atoms with E-state index in [4.69, 9.17) is 5.73 Å². The van der Waals surface area contributed by atoms with Crippen molar-refractivity contribution in [3.05, 3.63) is 30.1 Å². The van der Waals surface area contributed by atoms with Crippen LogP contribution in [0.1, 0.15) is 6.42 Å². The van der Waals surface area contributed by atoms with Gasteiger partial charge in [0.1, 0.15) is 15.7 Å². The number of rotatable bonds is 7. The quantitative estimate of drug-likeness (QED) is 0.806. The first kappa shape index (κ1) is 14.9. The molecule has 2 N–H and O–H groups in total. The molecule has 1 rings (SSSR count). The van der Waals surface area contributed by atoms with Crippen molar-refractivity contribution in [1.29, 1.82) is 0 Å². The Hall–Kier alpha value is -1.14. The standard InChI is InChI=1S/C12H19FN2O2S/c1-18(16,17)10-9-15(8-2-7-14)12-5-3-11(13)4-6-12/h3-6H,2,7-10,14H2,1H3. The first-order chi connectivity index (χ1) is 8.42. The molecule has 0 spiro atoms. The Kier molecular flexibility index (Phi) is 5.55. The lowest BCUT2D eigenvalue weighted by molar-refractivity contribution is 0.599. The predicted molar refractivity (Wildman–Crippen MR) is 72.0 cm³/mol. The Morgan fingerprint density at radius 3 is 2.33 bits per heavy atom. The molecule has 0 fully saturated rings. The molecule has 0 aliphatic heterocycles. The molecule has 0 aromatic heterocycles. The van der Waals surface area contributed by atoms with Crippen molar-refractivity contribution < 1.29 is 12.8 Å². The number of sulfone groups is 1. The summed E-state index contributed by atoms with van der Waals surface area (Å²) in [5, 5.41) is 0. The van der Waals surface area contributed by atoms with Crippen molar-refractivity contribution in [1.82, 2.24) is 0 Å². The lowest BCUT2D eigenvalue weighted by Crippen LogP contribution is -2.31. The summed E-state index contributed by atoms with van der Waals surface area (Å²) in [5.74, 6) is -0.227. The maximum atomic E-state index is 12.8. The van der Waals surface area contributed by atoms with Crippen molar-refractivity contribution in [2.24, 2.45) is 5.73 Å². The highest BCUT2D eigenvalue weighted by molar-refractivity contribution is 7.90. The third kappa shape index (κ3) is 5.46. The molecule has 4 nitrogen and oxygen atoms in total. The molecule has 0 aliphatic rings. The van der Waals surface area contributed by atoms with Crippen molar-refractivity contribution in [2.45, 2.75) is 6.42 Å². The zero-order chi connectivity index (χ0) is 13.6. The zero-order valence-corrected chi connectivity index (χ0v) is 11.3. The molecule has 0 atom stereocenters. The lowest BCUT2D eigenvalue weighted by atomic mass is 10.2. The lowest BCUT2D eigenvalue weighted by Gasteiger charge is -2.24. The van der Waals surface area contributed by atoms with Gasteiger partial charge in [-0.1, -0.05) is 0 Å². The van der Waals surface area contributed by atoms with Crippen LogP contribution < -0.4 is 10.6 Å². The van der Waals surface area contributed by atoms with Crippen LogP contribution in [0, 0.1) is 5.82 Å². The van der Waals surface area contributed by atoms with Crippen LogP contribution in [0.25, 0.3) is 0 Å². The summed E-state index contributed by atoms with van der Waals surface area (Å²) in [6.07, 6.45) is 1.97. The molecule has 0 bridgehead atoms. The van der Waals surface area contributed by atoms with Gasteiger partial charge in [-0.25, -0.2) is 12.8 Å². The predicted octanol–water partition coefficient (Wildman–Crippen LogP) is 1.03. The zero-order valence-electron chi connectivity index (χ0n) is 10.5. The molecule has 6 heteroatoms. The van der Waals surface area contributed by atoms with Gasteiger partial charge in [-0.05, 0) is 37.2 Å². The van der Waals surface area contributed by atoms with Crippen molar-refractivity contribution in [3.8, 4) is 0 Å². The normalized spacial score (nSPS) is 11.5. The van der Waals surface area contributed by atoms with Crippen molar-refractivity contribution in [3.63, 3.8) is 0 Å². The third-order valence-electron chi connectivity index (χ3n) is 2.56. The van der Waals surface area contributed by atoms with E-state index in [0.29, 0.717) is 19.6 Å². The van der Waals surface area contributed by atoms with Gasteiger partial charge >= 0.3 is 0 Å². The first-order valence-electron chi connectivity index (χ1n) is 5.80. The molecule has 0 saturated carbocycles. The summed E-state index contributed by atoms with van der Waals surface area (Å²) in [6.45, 7) is 1.60. The van der Waals surface area contributed by atoms with Gasteiger partial charge in [0.2, 0.25) is 0 Å². The smallest absolute Gasteiger partial charge is 0.149 e.